The van der Waals surface area contributed by atoms with Gasteiger partial charge in [-0.05, 0) is 11.5 Å². The topological polar surface area (TPSA) is 126 Å². The van der Waals surface area contributed by atoms with Gasteiger partial charge in [0.25, 0.3) is 0 Å². The summed E-state index contributed by atoms with van der Waals surface area (Å²) < 4.78 is 5.11. The van der Waals surface area contributed by atoms with Gasteiger partial charge >= 0.3 is 12.0 Å². The summed E-state index contributed by atoms with van der Waals surface area (Å²) in [5, 5.41) is 4.97. The molecule has 0 saturated carbocycles. The Bertz CT molecular complexity index is 677. The van der Waals surface area contributed by atoms with Crippen LogP contribution in [0.25, 0.3) is 0 Å². The molecule has 9 nitrogen and oxygen atoms in total. The number of benzene rings is 1. The van der Waals surface area contributed by atoms with Crippen LogP contribution >= 0.6 is 0 Å². The van der Waals surface area contributed by atoms with Crippen LogP contribution in [0.4, 0.5) is 4.79 Å². The number of Topliss-reactive ketones (excluding diaryl/α,β-unsaturated/α-hetero) is 1. The lowest BCUT2D eigenvalue weighted by molar-refractivity contribution is -0.142. The van der Waals surface area contributed by atoms with Crippen molar-refractivity contribution in [2.24, 2.45) is 5.92 Å². The van der Waals surface area contributed by atoms with Crippen LogP contribution in [0.2, 0.25) is 0 Å². The van der Waals surface area contributed by atoms with Gasteiger partial charge < -0.3 is 15.4 Å². The first-order valence-corrected chi connectivity index (χ1v) is 8.23. The smallest absolute Gasteiger partial charge is 0.408 e. The number of alkyl carbamates (subject to hydrolysis) is 1. The minimum absolute atomic E-state index is 0.0690. The van der Waals surface area contributed by atoms with Crippen molar-refractivity contribution in [1.29, 1.82) is 0 Å². The fraction of sp³-hybridized carbons (Fsp3) is 0.412. The number of ether oxygens (including phenoxy) is 1. The van der Waals surface area contributed by atoms with E-state index in [9.17, 15) is 19.2 Å². The van der Waals surface area contributed by atoms with Gasteiger partial charge in [0.15, 0.2) is 0 Å². The van der Waals surface area contributed by atoms with Crippen molar-refractivity contribution < 1.29 is 23.9 Å². The molecule has 26 heavy (non-hydrogen) atoms. The third-order valence-corrected chi connectivity index (χ3v) is 3.80. The normalized spacial score (nSPS) is 18.0. The average Bonchev–Trinajstić information content (AvgIpc) is 2.62. The molecular formula is C17H22N4O5. The molecule has 1 saturated heterocycles. The van der Waals surface area contributed by atoms with Crippen molar-refractivity contribution in [2.45, 2.75) is 32.5 Å². The number of hydrogen-bond acceptors (Lipinski definition) is 6. The molecule has 0 aromatic heterocycles. The largest absolute Gasteiger partial charge is 0.445 e. The molecule has 2 unspecified atom stereocenters. The molecule has 1 aliphatic heterocycles. The predicted octanol–water partition coefficient (Wildman–Crippen LogP) is -0.374. The first kappa shape index (κ1) is 19.4. The van der Waals surface area contributed by atoms with E-state index >= 15 is 0 Å². The van der Waals surface area contributed by atoms with E-state index in [0.717, 1.165) is 5.56 Å². The molecule has 140 valence electrons. The van der Waals surface area contributed by atoms with E-state index in [1.807, 2.05) is 30.3 Å². The molecule has 0 spiro atoms. The molecule has 0 radical (unpaired) electrons. The number of nitrogens with one attached hydrogen (secondary N) is 4. The Morgan fingerprint density at radius 1 is 1.23 bits per heavy atom. The summed E-state index contributed by atoms with van der Waals surface area (Å²) in [6.45, 7) is 3.63. The maximum Gasteiger partial charge on any atom is 0.408 e. The molecule has 1 fully saturated rings. The third-order valence-electron chi connectivity index (χ3n) is 3.80. The van der Waals surface area contributed by atoms with E-state index in [4.69, 9.17) is 4.74 Å². The quantitative estimate of drug-likeness (QED) is 0.512. The standard InChI is InChI=1S/C17H22N4O5/c1-10(2)13(15(23)19-12-8-18-21-16(24)14(12)22)20-17(25)26-9-11-6-4-3-5-7-11/h3-7,10,12-13,18H,8-9H2,1-2H3,(H,19,23)(H,20,25)(H,21,24). The van der Waals surface area contributed by atoms with E-state index in [-0.39, 0.29) is 19.1 Å². The zero-order valence-corrected chi connectivity index (χ0v) is 14.6. The van der Waals surface area contributed by atoms with Crippen LogP contribution in [-0.4, -0.2) is 42.3 Å². The molecule has 3 amide bonds. The fourth-order valence-electron chi connectivity index (χ4n) is 2.35. The summed E-state index contributed by atoms with van der Waals surface area (Å²) in [5.41, 5.74) is 5.51. The average molecular weight is 362 g/mol. The summed E-state index contributed by atoms with van der Waals surface area (Å²) >= 11 is 0. The summed E-state index contributed by atoms with van der Waals surface area (Å²) in [5.74, 6) is -2.38. The Labute approximate surface area is 150 Å². The number of amides is 3. The molecule has 2 atom stereocenters. The van der Waals surface area contributed by atoms with Crippen LogP contribution in [0.15, 0.2) is 30.3 Å². The minimum Gasteiger partial charge on any atom is -0.445 e. The van der Waals surface area contributed by atoms with Gasteiger partial charge in [-0.2, -0.15) is 0 Å². The summed E-state index contributed by atoms with van der Waals surface area (Å²) in [4.78, 5) is 47.5. The van der Waals surface area contributed by atoms with Crippen LogP contribution < -0.4 is 21.5 Å². The van der Waals surface area contributed by atoms with Crippen LogP contribution in [0.1, 0.15) is 19.4 Å². The summed E-state index contributed by atoms with van der Waals surface area (Å²) in [6.07, 6.45) is -0.742. The minimum atomic E-state index is -0.986. The highest BCUT2D eigenvalue weighted by Gasteiger charge is 2.33. The van der Waals surface area contributed by atoms with Crippen molar-refractivity contribution in [2.75, 3.05) is 6.54 Å². The first-order valence-electron chi connectivity index (χ1n) is 8.23. The lowest BCUT2D eigenvalue weighted by Crippen LogP contribution is -2.63. The van der Waals surface area contributed by atoms with Crippen molar-refractivity contribution in [3.05, 3.63) is 35.9 Å². The Kier molecular flexibility index (Phi) is 6.67. The fourth-order valence-corrected chi connectivity index (χ4v) is 2.35. The van der Waals surface area contributed by atoms with E-state index in [1.54, 1.807) is 13.8 Å². The van der Waals surface area contributed by atoms with Gasteiger partial charge in [-0.25, -0.2) is 10.2 Å². The van der Waals surface area contributed by atoms with Crippen LogP contribution in [0.5, 0.6) is 0 Å². The van der Waals surface area contributed by atoms with E-state index in [2.05, 4.69) is 21.5 Å². The van der Waals surface area contributed by atoms with Crippen molar-refractivity contribution in [3.63, 3.8) is 0 Å². The van der Waals surface area contributed by atoms with Crippen molar-refractivity contribution in [1.82, 2.24) is 21.5 Å². The molecule has 1 aromatic rings. The van der Waals surface area contributed by atoms with E-state index in [0.29, 0.717) is 0 Å². The Morgan fingerprint density at radius 2 is 1.92 bits per heavy atom. The second-order valence-electron chi connectivity index (χ2n) is 6.19. The summed E-state index contributed by atoms with van der Waals surface area (Å²) in [6, 6.07) is 7.23. The first-order chi connectivity index (χ1) is 12.4. The molecule has 9 heteroatoms. The highest BCUT2D eigenvalue weighted by atomic mass is 16.5. The van der Waals surface area contributed by atoms with Gasteiger partial charge in [-0.3, -0.25) is 19.8 Å². The molecule has 0 aliphatic carbocycles. The number of ketones is 1. The summed E-state index contributed by atoms with van der Waals surface area (Å²) in [7, 11) is 0. The predicted molar refractivity (Wildman–Crippen MR) is 91.5 cm³/mol. The van der Waals surface area contributed by atoms with E-state index in [1.165, 1.54) is 0 Å². The third kappa shape index (κ3) is 5.28. The zero-order valence-electron chi connectivity index (χ0n) is 14.6. The number of carbonyl (C=O) groups is 4. The van der Waals surface area contributed by atoms with Crippen molar-refractivity contribution in [3.8, 4) is 0 Å². The molecule has 1 aliphatic rings. The Morgan fingerprint density at radius 3 is 2.58 bits per heavy atom. The monoisotopic (exact) mass is 362 g/mol. The molecule has 1 heterocycles. The zero-order chi connectivity index (χ0) is 19.1. The molecule has 1 aromatic carbocycles. The van der Waals surface area contributed by atoms with Gasteiger partial charge in [-0.1, -0.05) is 44.2 Å². The molecule has 0 bridgehead atoms. The lowest BCUT2D eigenvalue weighted by Gasteiger charge is -2.26. The van der Waals surface area contributed by atoms with Crippen molar-refractivity contribution >= 4 is 23.7 Å². The molecular weight excluding hydrogens is 340 g/mol. The van der Waals surface area contributed by atoms with Gasteiger partial charge in [0.05, 0.1) is 0 Å². The number of hydrogen-bond donors (Lipinski definition) is 4. The second-order valence-corrected chi connectivity index (χ2v) is 6.19. The Balaban J connectivity index is 1.90. The lowest BCUT2D eigenvalue weighted by atomic mass is 10.0. The molecule has 4 N–H and O–H groups in total. The van der Waals surface area contributed by atoms with Gasteiger partial charge in [0.1, 0.15) is 18.7 Å². The van der Waals surface area contributed by atoms with Crippen LogP contribution in [-0.2, 0) is 25.7 Å². The second kappa shape index (κ2) is 8.95. The highest BCUT2D eigenvalue weighted by molar-refractivity contribution is 6.39. The number of hydrazine groups is 1. The number of carbonyl (C=O) groups excluding carboxylic acids is 4. The SMILES string of the molecule is CC(C)C(NC(=O)OCc1ccccc1)C(=O)NC1CNNC(=O)C1=O. The number of rotatable bonds is 6. The van der Waals surface area contributed by atoms with Gasteiger partial charge in [-0.15, -0.1) is 0 Å². The Hall–Kier alpha value is -2.94. The molecule has 2 rings (SSSR count). The van der Waals surface area contributed by atoms with Crippen LogP contribution in [0.3, 0.4) is 0 Å². The van der Waals surface area contributed by atoms with Gasteiger partial charge in [0.2, 0.25) is 11.7 Å². The highest BCUT2D eigenvalue weighted by Crippen LogP contribution is 2.05. The maximum absolute atomic E-state index is 12.4. The van der Waals surface area contributed by atoms with E-state index < -0.39 is 35.8 Å². The maximum atomic E-state index is 12.4. The van der Waals surface area contributed by atoms with Gasteiger partial charge in [0, 0.05) is 6.54 Å². The van der Waals surface area contributed by atoms with Crippen LogP contribution in [0, 0.1) is 5.92 Å².